The standard InChI is InChI=1S/C24H26F2N4O2/c1-16(31)27-18-6-4-17(5-7-18)15-30-11-2-3-24(30)23-13-19(28-29-23)10-12-32-20-8-9-21(25)22(26)14-20/h4-9,13-14,24H,2-3,10-12,15H2,1H3,(H,27,31)(H,28,29)/t24-/m0/s1. The average molecular weight is 440 g/mol. The average Bonchev–Trinajstić information content (AvgIpc) is 3.41. The number of aromatic amines is 1. The van der Waals surface area contributed by atoms with Crippen LogP contribution in [0.3, 0.4) is 0 Å². The first-order valence-electron chi connectivity index (χ1n) is 10.7. The molecule has 1 amide bonds. The summed E-state index contributed by atoms with van der Waals surface area (Å²) in [7, 11) is 0. The monoisotopic (exact) mass is 440 g/mol. The fourth-order valence-electron chi connectivity index (χ4n) is 4.01. The van der Waals surface area contributed by atoms with Crippen molar-refractivity contribution in [3.63, 3.8) is 0 Å². The van der Waals surface area contributed by atoms with Gasteiger partial charge in [0.05, 0.1) is 18.3 Å². The Morgan fingerprint density at radius 2 is 2.00 bits per heavy atom. The van der Waals surface area contributed by atoms with E-state index in [0.29, 0.717) is 18.8 Å². The zero-order valence-corrected chi connectivity index (χ0v) is 17.9. The van der Waals surface area contributed by atoms with Gasteiger partial charge in [-0.3, -0.25) is 14.8 Å². The van der Waals surface area contributed by atoms with E-state index in [1.54, 1.807) is 0 Å². The number of H-pyrrole nitrogens is 1. The molecule has 1 atom stereocenters. The topological polar surface area (TPSA) is 70.2 Å². The third kappa shape index (κ3) is 5.50. The van der Waals surface area contributed by atoms with Crippen molar-refractivity contribution in [2.24, 2.45) is 0 Å². The molecule has 0 saturated carbocycles. The number of rotatable bonds is 8. The smallest absolute Gasteiger partial charge is 0.221 e. The fraction of sp³-hybridized carbons (Fsp3) is 0.333. The van der Waals surface area contributed by atoms with Gasteiger partial charge in [0.25, 0.3) is 0 Å². The number of halogens is 2. The second kappa shape index (κ2) is 9.91. The molecule has 4 rings (SSSR count). The number of carbonyl (C=O) groups is 1. The lowest BCUT2D eigenvalue weighted by Gasteiger charge is -2.23. The van der Waals surface area contributed by atoms with E-state index in [1.807, 2.05) is 24.3 Å². The van der Waals surface area contributed by atoms with Crippen LogP contribution in [-0.2, 0) is 17.8 Å². The first-order valence-corrected chi connectivity index (χ1v) is 10.7. The molecule has 1 saturated heterocycles. The summed E-state index contributed by atoms with van der Waals surface area (Å²) < 4.78 is 31.8. The van der Waals surface area contributed by atoms with Crippen LogP contribution in [0.2, 0.25) is 0 Å². The SMILES string of the molecule is CC(=O)Nc1ccc(CN2CCC[C@H]2c2cc(CCOc3ccc(F)c(F)c3)[nH]n2)cc1. The summed E-state index contributed by atoms with van der Waals surface area (Å²) in [6.07, 6.45) is 2.74. The Hall–Kier alpha value is -3.26. The summed E-state index contributed by atoms with van der Waals surface area (Å²) in [6, 6.07) is 13.7. The number of nitrogens with one attached hydrogen (secondary N) is 2. The van der Waals surface area contributed by atoms with Gasteiger partial charge in [-0.15, -0.1) is 0 Å². The minimum atomic E-state index is -0.919. The number of hydrogen-bond donors (Lipinski definition) is 2. The lowest BCUT2D eigenvalue weighted by Crippen LogP contribution is -2.23. The zero-order valence-electron chi connectivity index (χ0n) is 17.9. The first-order chi connectivity index (χ1) is 15.5. The number of likely N-dealkylation sites (tertiary alicyclic amines) is 1. The molecule has 0 radical (unpaired) electrons. The molecule has 0 bridgehead atoms. The van der Waals surface area contributed by atoms with Crippen LogP contribution in [0.1, 0.15) is 42.8 Å². The van der Waals surface area contributed by atoms with E-state index in [2.05, 4.69) is 26.5 Å². The molecule has 0 unspecified atom stereocenters. The number of anilines is 1. The molecular formula is C24H26F2N4O2. The van der Waals surface area contributed by atoms with E-state index in [-0.39, 0.29) is 11.9 Å². The number of aromatic nitrogens is 2. The summed E-state index contributed by atoms with van der Waals surface area (Å²) in [6.45, 7) is 3.64. The van der Waals surface area contributed by atoms with Gasteiger partial charge >= 0.3 is 0 Å². The molecule has 6 nitrogen and oxygen atoms in total. The lowest BCUT2D eigenvalue weighted by molar-refractivity contribution is -0.114. The number of hydrogen-bond acceptors (Lipinski definition) is 4. The fourth-order valence-corrected chi connectivity index (χ4v) is 4.01. The van der Waals surface area contributed by atoms with Crippen LogP contribution in [0.25, 0.3) is 0 Å². The quantitative estimate of drug-likeness (QED) is 0.537. The molecule has 168 valence electrons. The van der Waals surface area contributed by atoms with Crippen LogP contribution in [0.15, 0.2) is 48.5 Å². The van der Waals surface area contributed by atoms with Crippen LogP contribution >= 0.6 is 0 Å². The molecule has 0 aliphatic carbocycles. The minimum absolute atomic E-state index is 0.0816. The maximum Gasteiger partial charge on any atom is 0.221 e. The molecule has 2 heterocycles. The molecule has 1 aromatic heterocycles. The normalized spacial score (nSPS) is 16.3. The molecule has 8 heteroatoms. The van der Waals surface area contributed by atoms with Gasteiger partial charge in [-0.25, -0.2) is 8.78 Å². The van der Waals surface area contributed by atoms with Crippen LogP contribution in [0.4, 0.5) is 14.5 Å². The van der Waals surface area contributed by atoms with Crippen molar-refractivity contribution in [1.29, 1.82) is 0 Å². The highest BCUT2D eigenvalue weighted by Gasteiger charge is 2.28. The van der Waals surface area contributed by atoms with Crippen molar-refractivity contribution in [3.05, 3.63) is 77.1 Å². The van der Waals surface area contributed by atoms with Gasteiger partial charge < -0.3 is 10.1 Å². The minimum Gasteiger partial charge on any atom is -0.493 e. The third-order valence-electron chi connectivity index (χ3n) is 5.55. The number of benzene rings is 2. The Morgan fingerprint density at radius 3 is 2.75 bits per heavy atom. The zero-order chi connectivity index (χ0) is 22.5. The second-order valence-corrected chi connectivity index (χ2v) is 8.00. The highest BCUT2D eigenvalue weighted by molar-refractivity contribution is 5.88. The number of ether oxygens (including phenoxy) is 1. The van der Waals surface area contributed by atoms with E-state index in [0.717, 1.165) is 55.1 Å². The third-order valence-corrected chi connectivity index (χ3v) is 5.55. The van der Waals surface area contributed by atoms with Crippen molar-refractivity contribution < 1.29 is 18.3 Å². The Morgan fingerprint density at radius 1 is 1.19 bits per heavy atom. The van der Waals surface area contributed by atoms with Gasteiger partial charge in [-0.1, -0.05) is 12.1 Å². The summed E-state index contributed by atoms with van der Waals surface area (Å²) in [5.41, 5.74) is 3.91. The molecular weight excluding hydrogens is 414 g/mol. The molecule has 1 fully saturated rings. The summed E-state index contributed by atoms with van der Waals surface area (Å²) in [5.74, 6) is -1.59. The largest absolute Gasteiger partial charge is 0.493 e. The Bertz CT molecular complexity index is 1070. The number of carbonyl (C=O) groups excluding carboxylic acids is 1. The Labute approximate surface area is 185 Å². The van der Waals surface area contributed by atoms with Gasteiger partial charge in [-0.2, -0.15) is 5.10 Å². The Balaban J connectivity index is 1.32. The van der Waals surface area contributed by atoms with Crippen LogP contribution in [0, 0.1) is 11.6 Å². The van der Waals surface area contributed by atoms with Crippen molar-refractivity contribution in [1.82, 2.24) is 15.1 Å². The first kappa shape index (κ1) is 22.0. The molecule has 2 N–H and O–H groups in total. The predicted molar refractivity (Wildman–Crippen MR) is 117 cm³/mol. The molecule has 1 aliphatic heterocycles. The summed E-state index contributed by atoms with van der Waals surface area (Å²) in [5, 5.41) is 10.4. The van der Waals surface area contributed by atoms with Crippen molar-refractivity contribution >= 4 is 11.6 Å². The van der Waals surface area contributed by atoms with Crippen molar-refractivity contribution in [2.75, 3.05) is 18.5 Å². The van der Waals surface area contributed by atoms with Gasteiger partial charge in [-0.05, 0) is 55.3 Å². The highest BCUT2D eigenvalue weighted by Crippen LogP contribution is 2.32. The molecule has 2 aromatic carbocycles. The summed E-state index contributed by atoms with van der Waals surface area (Å²) >= 11 is 0. The Kier molecular flexibility index (Phi) is 6.80. The maximum atomic E-state index is 13.3. The molecule has 1 aliphatic rings. The van der Waals surface area contributed by atoms with Gasteiger partial charge in [0.2, 0.25) is 5.91 Å². The maximum absolute atomic E-state index is 13.3. The van der Waals surface area contributed by atoms with E-state index in [9.17, 15) is 13.6 Å². The van der Waals surface area contributed by atoms with Gasteiger partial charge in [0.1, 0.15) is 5.75 Å². The van der Waals surface area contributed by atoms with E-state index in [4.69, 9.17) is 4.74 Å². The van der Waals surface area contributed by atoms with E-state index < -0.39 is 11.6 Å². The van der Waals surface area contributed by atoms with E-state index >= 15 is 0 Å². The van der Waals surface area contributed by atoms with Crippen LogP contribution in [-0.4, -0.2) is 34.2 Å². The molecule has 32 heavy (non-hydrogen) atoms. The van der Waals surface area contributed by atoms with Gasteiger partial charge in [0.15, 0.2) is 11.6 Å². The van der Waals surface area contributed by atoms with Gasteiger partial charge in [0, 0.05) is 37.3 Å². The molecule has 3 aromatic rings. The summed E-state index contributed by atoms with van der Waals surface area (Å²) in [4.78, 5) is 13.6. The molecule has 0 spiro atoms. The van der Waals surface area contributed by atoms with Crippen molar-refractivity contribution in [2.45, 2.75) is 38.8 Å². The van der Waals surface area contributed by atoms with Crippen molar-refractivity contribution in [3.8, 4) is 5.75 Å². The van der Waals surface area contributed by atoms with E-state index in [1.165, 1.54) is 18.6 Å². The highest BCUT2D eigenvalue weighted by atomic mass is 19.2. The van der Waals surface area contributed by atoms with Crippen LogP contribution < -0.4 is 10.1 Å². The van der Waals surface area contributed by atoms with Crippen LogP contribution in [0.5, 0.6) is 5.75 Å². The predicted octanol–water partition coefficient (Wildman–Crippen LogP) is 4.60. The second-order valence-electron chi connectivity index (χ2n) is 8.00. The number of nitrogens with zero attached hydrogens (tertiary/aromatic N) is 2. The lowest BCUT2D eigenvalue weighted by atomic mass is 10.1. The number of amides is 1.